The minimum Gasteiger partial charge on any atom is -0.465 e. The van der Waals surface area contributed by atoms with Gasteiger partial charge in [-0.3, -0.25) is 4.90 Å². The van der Waals surface area contributed by atoms with E-state index in [1.165, 1.54) is 27.8 Å². The largest absolute Gasteiger partial charge is 0.465 e. The van der Waals surface area contributed by atoms with Crippen molar-refractivity contribution in [1.82, 2.24) is 4.90 Å². The van der Waals surface area contributed by atoms with Gasteiger partial charge in [0.2, 0.25) is 0 Å². The van der Waals surface area contributed by atoms with Gasteiger partial charge < -0.3 is 9.84 Å². The molecule has 34 heavy (non-hydrogen) atoms. The first-order chi connectivity index (χ1) is 16.4. The van der Waals surface area contributed by atoms with Crippen molar-refractivity contribution in [3.8, 4) is 11.1 Å². The maximum Gasteiger partial charge on any atom is 0.407 e. The Balaban J connectivity index is 1.54. The van der Waals surface area contributed by atoms with E-state index in [4.69, 9.17) is 4.74 Å². The molecule has 1 fully saturated rings. The van der Waals surface area contributed by atoms with Crippen molar-refractivity contribution in [2.24, 2.45) is 5.41 Å². The lowest BCUT2D eigenvalue weighted by Gasteiger charge is -2.46. The van der Waals surface area contributed by atoms with Crippen LogP contribution in [0.1, 0.15) is 61.0 Å². The SMILES string of the molecule is CC1(C)CN(C(=O)O)C(CC2c3ccccc3-c3ccccc32)([C@H]2OCCc3ccccc32)C1. The number of benzene rings is 3. The number of rotatable bonds is 3. The van der Waals surface area contributed by atoms with Gasteiger partial charge in [0.25, 0.3) is 0 Å². The zero-order valence-corrected chi connectivity index (χ0v) is 19.8. The standard InChI is InChI=1S/C30H31NO3/c1-29(2)18-30(31(19-29)28(32)33,27-21-10-4-3-9-20(21)15-16-34-27)17-26-24-13-7-5-11-22(24)23-12-6-8-14-25(23)26/h3-14,26-27H,15-19H2,1-2H3,(H,32,33)/t27-,30?/m0/s1. The van der Waals surface area contributed by atoms with Gasteiger partial charge in [-0.1, -0.05) is 86.6 Å². The number of nitrogens with zero attached hydrogens (tertiary/aromatic N) is 1. The van der Waals surface area contributed by atoms with E-state index in [0.29, 0.717) is 19.6 Å². The zero-order chi connectivity index (χ0) is 23.5. The van der Waals surface area contributed by atoms with Crippen LogP contribution in [0.15, 0.2) is 72.8 Å². The molecule has 4 heteroatoms. The Morgan fingerprint density at radius 3 is 2.18 bits per heavy atom. The van der Waals surface area contributed by atoms with E-state index in [-0.39, 0.29) is 17.4 Å². The van der Waals surface area contributed by atoms with Gasteiger partial charge in [-0.05, 0) is 58.1 Å². The van der Waals surface area contributed by atoms with Gasteiger partial charge in [-0.15, -0.1) is 0 Å². The summed E-state index contributed by atoms with van der Waals surface area (Å²) in [5, 5.41) is 10.5. The highest BCUT2D eigenvalue weighted by Crippen LogP contribution is 2.57. The van der Waals surface area contributed by atoms with Gasteiger partial charge in [-0.25, -0.2) is 4.79 Å². The summed E-state index contributed by atoms with van der Waals surface area (Å²) in [5.41, 5.74) is 6.76. The smallest absolute Gasteiger partial charge is 0.407 e. The topological polar surface area (TPSA) is 49.8 Å². The van der Waals surface area contributed by atoms with Gasteiger partial charge in [0.15, 0.2) is 0 Å². The lowest BCUT2D eigenvalue weighted by Crippen LogP contribution is -2.53. The fraction of sp³-hybridized carbons (Fsp3) is 0.367. The minimum absolute atomic E-state index is 0.126. The van der Waals surface area contributed by atoms with E-state index in [1.54, 1.807) is 4.90 Å². The van der Waals surface area contributed by atoms with Crippen LogP contribution >= 0.6 is 0 Å². The molecule has 3 aromatic carbocycles. The van der Waals surface area contributed by atoms with Crippen LogP contribution in [-0.4, -0.2) is 34.8 Å². The summed E-state index contributed by atoms with van der Waals surface area (Å²) in [6.07, 6.45) is 1.21. The quantitative estimate of drug-likeness (QED) is 0.483. The molecule has 6 rings (SSSR count). The van der Waals surface area contributed by atoms with Crippen molar-refractivity contribution in [3.63, 3.8) is 0 Å². The average Bonchev–Trinajstić information content (AvgIpc) is 3.31. The van der Waals surface area contributed by atoms with Crippen molar-refractivity contribution in [2.45, 2.75) is 50.7 Å². The molecule has 0 radical (unpaired) electrons. The Bertz CT molecular complexity index is 1220. The molecule has 0 saturated carbocycles. The van der Waals surface area contributed by atoms with E-state index in [9.17, 15) is 9.90 Å². The molecule has 1 aliphatic carbocycles. The zero-order valence-electron chi connectivity index (χ0n) is 19.8. The second-order valence-electron chi connectivity index (χ2n) is 10.9. The molecule has 0 bridgehead atoms. The number of fused-ring (bicyclic) bond motifs is 4. The molecule has 1 unspecified atom stereocenters. The maximum absolute atomic E-state index is 12.8. The van der Waals surface area contributed by atoms with Crippen LogP contribution in [0.25, 0.3) is 11.1 Å². The number of carbonyl (C=O) groups is 1. The Labute approximate surface area is 201 Å². The summed E-state index contributed by atoms with van der Waals surface area (Å²) in [4.78, 5) is 14.5. The Morgan fingerprint density at radius 2 is 1.53 bits per heavy atom. The molecule has 4 nitrogen and oxygen atoms in total. The molecule has 0 spiro atoms. The molecule has 1 saturated heterocycles. The van der Waals surface area contributed by atoms with Crippen molar-refractivity contribution in [3.05, 3.63) is 95.1 Å². The van der Waals surface area contributed by atoms with Crippen molar-refractivity contribution in [2.75, 3.05) is 13.2 Å². The average molecular weight is 454 g/mol. The summed E-state index contributed by atoms with van der Waals surface area (Å²) >= 11 is 0. The van der Waals surface area contributed by atoms with Gasteiger partial charge in [0.1, 0.15) is 6.10 Å². The molecule has 1 N–H and O–H groups in total. The first kappa shape index (κ1) is 21.4. The first-order valence-electron chi connectivity index (χ1n) is 12.3. The molecular formula is C30H31NO3. The van der Waals surface area contributed by atoms with Crippen LogP contribution in [0.3, 0.4) is 0 Å². The second-order valence-corrected chi connectivity index (χ2v) is 10.9. The highest BCUT2D eigenvalue weighted by Gasteiger charge is 2.58. The van der Waals surface area contributed by atoms with Crippen LogP contribution in [0.2, 0.25) is 0 Å². The molecule has 3 aliphatic rings. The third-order valence-corrected chi connectivity index (χ3v) is 8.14. The number of hydrogen-bond acceptors (Lipinski definition) is 2. The summed E-state index contributed by atoms with van der Waals surface area (Å²) in [6, 6.07) is 25.7. The lowest BCUT2D eigenvalue weighted by atomic mass is 9.71. The minimum atomic E-state index is -0.850. The fourth-order valence-corrected chi connectivity index (χ4v) is 7.02. The van der Waals surface area contributed by atoms with E-state index < -0.39 is 11.6 Å². The Kier molecular flexibility index (Phi) is 4.86. The van der Waals surface area contributed by atoms with Gasteiger partial charge in [0.05, 0.1) is 12.1 Å². The van der Waals surface area contributed by atoms with Gasteiger partial charge in [0, 0.05) is 12.5 Å². The third-order valence-electron chi connectivity index (χ3n) is 8.14. The molecule has 3 aromatic rings. The fourth-order valence-electron chi connectivity index (χ4n) is 7.02. The number of likely N-dealkylation sites (tertiary alicyclic amines) is 1. The van der Waals surface area contributed by atoms with E-state index in [2.05, 4.69) is 86.6 Å². The van der Waals surface area contributed by atoms with E-state index >= 15 is 0 Å². The van der Waals surface area contributed by atoms with Crippen LogP contribution in [-0.2, 0) is 11.2 Å². The van der Waals surface area contributed by atoms with Gasteiger partial charge >= 0.3 is 6.09 Å². The summed E-state index contributed by atoms with van der Waals surface area (Å²) in [6.45, 7) is 5.52. The van der Waals surface area contributed by atoms with Gasteiger partial charge in [-0.2, -0.15) is 0 Å². The second kappa shape index (κ2) is 7.71. The van der Waals surface area contributed by atoms with Crippen LogP contribution in [0.4, 0.5) is 4.79 Å². The van der Waals surface area contributed by atoms with Crippen LogP contribution in [0.5, 0.6) is 0 Å². The number of carboxylic acid groups (broad SMARTS) is 1. The third kappa shape index (κ3) is 3.19. The molecular weight excluding hydrogens is 422 g/mol. The predicted molar refractivity (Wildman–Crippen MR) is 133 cm³/mol. The maximum atomic E-state index is 12.8. The van der Waals surface area contributed by atoms with E-state index in [0.717, 1.165) is 18.4 Å². The Hall–Kier alpha value is -3.11. The lowest BCUT2D eigenvalue weighted by molar-refractivity contribution is -0.0659. The molecule has 2 aliphatic heterocycles. The van der Waals surface area contributed by atoms with Crippen molar-refractivity contribution in [1.29, 1.82) is 0 Å². The molecule has 174 valence electrons. The number of ether oxygens (including phenoxy) is 1. The summed E-state index contributed by atoms with van der Waals surface area (Å²) in [7, 11) is 0. The molecule has 2 heterocycles. The summed E-state index contributed by atoms with van der Waals surface area (Å²) in [5.74, 6) is 0.126. The van der Waals surface area contributed by atoms with E-state index in [1.807, 2.05) is 0 Å². The van der Waals surface area contributed by atoms with Crippen LogP contribution in [0, 0.1) is 5.41 Å². The normalized spacial score (nSPS) is 25.0. The van der Waals surface area contributed by atoms with Crippen LogP contribution < -0.4 is 0 Å². The molecule has 0 aromatic heterocycles. The monoisotopic (exact) mass is 453 g/mol. The Morgan fingerprint density at radius 1 is 0.941 bits per heavy atom. The predicted octanol–water partition coefficient (Wildman–Crippen LogP) is 6.65. The molecule has 1 amide bonds. The highest BCUT2D eigenvalue weighted by atomic mass is 16.5. The molecule has 2 atom stereocenters. The van der Waals surface area contributed by atoms with Crippen molar-refractivity contribution < 1.29 is 14.6 Å². The highest BCUT2D eigenvalue weighted by molar-refractivity contribution is 5.79. The number of amides is 1. The van der Waals surface area contributed by atoms with Crippen molar-refractivity contribution >= 4 is 6.09 Å². The first-order valence-corrected chi connectivity index (χ1v) is 12.3. The summed E-state index contributed by atoms with van der Waals surface area (Å²) < 4.78 is 6.55. The number of hydrogen-bond donors (Lipinski definition) is 1.